The highest BCUT2D eigenvalue weighted by molar-refractivity contribution is 4.77. The summed E-state index contributed by atoms with van der Waals surface area (Å²) in [5.74, 6) is 4.43. The van der Waals surface area contributed by atoms with Crippen LogP contribution in [0.1, 0.15) is 87.0 Å². The number of hydrogen-bond acceptors (Lipinski definition) is 0. The maximum Gasteiger partial charge on any atom is -0.0339 e. The molecule has 0 radical (unpaired) electrons. The predicted molar refractivity (Wildman–Crippen MR) is 84.9 cm³/mol. The number of hydrogen-bond donors (Lipinski definition) is 0. The second-order valence-electron chi connectivity index (χ2n) is 7.07. The fourth-order valence-electron chi connectivity index (χ4n) is 3.67. The van der Waals surface area contributed by atoms with Gasteiger partial charge >= 0.3 is 0 Å². The first kappa shape index (κ1) is 18.0. The van der Waals surface area contributed by atoms with Crippen LogP contribution in [0.2, 0.25) is 0 Å². The summed E-state index contributed by atoms with van der Waals surface area (Å²) in [6.07, 6.45) is 8.45. The number of rotatable bonds is 10. The van der Waals surface area contributed by atoms with Crippen LogP contribution in [0.5, 0.6) is 0 Å². The average molecular weight is 255 g/mol. The van der Waals surface area contributed by atoms with Crippen LogP contribution in [0, 0.1) is 29.6 Å². The lowest BCUT2D eigenvalue weighted by atomic mass is 9.71. The molecule has 0 bridgehead atoms. The second-order valence-corrected chi connectivity index (χ2v) is 7.07. The first-order valence-electron chi connectivity index (χ1n) is 8.43. The van der Waals surface area contributed by atoms with E-state index in [4.69, 9.17) is 0 Å². The molecule has 0 aromatic carbocycles. The van der Waals surface area contributed by atoms with Gasteiger partial charge in [-0.15, -0.1) is 0 Å². The van der Waals surface area contributed by atoms with Crippen molar-refractivity contribution in [3.8, 4) is 0 Å². The van der Waals surface area contributed by atoms with Gasteiger partial charge in [0.15, 0.2) is 0 Å². The van der Waals surface area contributed by atoms with Crippen molar-refractivity contribution in [2.24, 2.45) is 29.6 Å². The summed E-state index contributed by atoms with van der Waals surface area (Å²) in [6.45, 7) is 16.8. The molecule has 2 atom stereocenters. The third kappa shape index (κ3) is 6.81. The Balaban J connectivity index is 4.58. The van der Waals surface area contributed by atoms with Gasteiger partial charge in [-0.1, -0.05) is 80.6 Å². The van der Waals surface area contributed by atoms with E-state index >= 15 is 0 Å². The van der Waals surface area contributed by atoms with E-state index < -0.39 is 0 Å². The van der Waals surface area contributed by atoms with Crippen molar-refractivity contribution >= 4 is 0 Å². The van der Waals surface area contributed by atoms with E-state index in [0.29, 0.717) is 0 Å². The molecule has 0 N–H and O–H groups in total. The topological polar surface area (TPSA) is 0 Å². The van der Waals surface area contributed by atoms with Crippen LogP contribution in [0.3, 0.4) is 0 Å². The third-order valence-corrected chi connectivity index (χ3v) is 4.66. The van der Waals surface area contributed by atoms with E-state index in [1.165, 1.54) is 38.5 Å². The zero-order valence-electron chi connectivity index (χ0n) is 14.1. The highest BCUT2D eigenvalue weighted by Crippen LogP contribution is 2.36. The van der Waals surface area contributed by atoms with Gasteiger partial charge in [-0.25, -0.2) is 0 Å². The minimum Gasteiger partial charge on any atom is -0.0654 e. The standard InChI is InChI=1S/C18H38/c1-8-10-11-12-17(13-16(7)9-2)18(14(3)4)15(5)6/h14-18H,8-13H2,1-7H3. The molecular formula is C18H38. The van der Waals surface area contributed by atoms with Gasteiger partial charge in [0, 0.05) is 0 Å². The van der Waals surface area contributed by atoms with Gasteiger partial charge in [0.1, 0.15) is 0 Å². The molecule has 0 rings (SSSR count). The van der Waals surface area contributed by atoms with E-state index in [2.05, 4.69) is 48.5 Å². The summed E-state index contributed by atoms with van der Waals surface area (Å²) in [5, 5.41) is 0. The Hall–Kier alpha value is 0. The van der Waals surface area contributed by atoms with Gasteiger partial charge in [0.05, 0.1) is 0 Å². The van der Waals surface area contributed by atoms with Crippen molar-refractivity contribution in [3.05, 3.63) is 0 Å². The zero-order valence-corrected chi connectivity index (χ0v) is 14.1. The monoisotopic (exact) mass is 254 g/mol. The van der Waals surface area contributed by atoms with Crippen LogP contribution < -0.4 is 0 Å². The Morgan fingerprint density at radius 3 is 1.72 bits per heavy atom. The summed E-state index contributed by atoms with van der Waals surface area (Å²) < 4.78 is 0. The molecule has 0 spiro atoms. The van der Waals surface area contributed by atoms with Crippen molar-refractivity contribution < 1.29 is 0 Å². The average Bonchev–Trinajstić information content (AvgIpc) is 2.27. The van der Waals surface area contributed by atoms with Crippen LogP contribution in [-0.2, 0) is 0 Å². The molecule has 0 fully saturated rings. The molecule has 0 aliphatic carbocycles. The van der Waals surface area contributed by atoms with Crippen molar-refractivity contribution in [2.45, 2.75) is 87.0 Å². The molecule has 0 nitrogen and oxygen atoms in total. The Kier molecular flexibility index (Phi) is 9.87. The molecule has 0 heteroatoms. The molecular weight excluding hydrogens is 216 g/mol. The summed E-state index contributed by atoms with van der Waals surface area (Å²) in [6, 6.07) is 0. The fraction of sp³-hybridized carbons (Fsp3) is 1.00. The smallest absolute Gasteiger partial charge is 0.0339 e. The summed E-state index contributed by atoms with van der Waals surface area (Å²) in [7, 11) is 0. The van der Waals surface area contributed by atoms with E-state index in [9.17, 15) is 0 Å². The molecule has 0 aliphatic rings. The molecule has 18 heavy (non-hydrogen) atoms. The number of unbranched alkanes of at least 4 members (excludes halogenated alkanes) is 2. The predicted octanol–water partition coefficient (Wildman–Crippen LogP) is 6.55. The van der Waals surface area contributed by atoms with E-state index in [1.807, 2.05) is 0 Å². The lowest BCUT2D eigenvalue weighted by molar-refractivity contribution is 0.147. The quantitative estimate of drug-likeness (QED) is 0.388. The SMILES string of the molecule is CCCCCC(CC(C)CC)C(C(C)C)C(C)C. The maximum absolute atomic E-state index is 2.44. The van der Waals surface area contributed by atoms with Gasteiger partial charge in [-0.2, -0.15) is 0 Å². The molecule has 2 unspecified atom stereocenters. The first-order valence-corrected chi connectivity index (χ1v) is 8.43. The molecule has 0 saturated carbocycles. The summed E-state index contributed by atoms with van der Waals surface area (Å²) in [4.78, 5) is 0. The van der Waals surface area contributed by atoms with Crippen LogP contribution >= 0.6 is 0 Å². The Morgan fingerprint density at radius 1 is 0.778 bits per heavy atom. The second kappa shape index (κ2) is 9.87. The van der Waals surface area contributed by atoms with E-state index in [0.717, 1.165) is 29.6 Å². The van der Waals surface area contributed by atoms with Gasteiger partial charge < -0.3 is 0 Å². The van der Waals surface area contributed by atoms with E-state index in [1.54, 1.807) is 0 Å². The van der Waals surface area contributed by atoms with Crippen LogP contribution in [0.15, 0.2) is 0 Å². The highest BCUT2D eigenvalue weighted by atomic mass is 14.3. The molecule has 0 aromatic heterocycles. The molecule has 110 valence electrons. The van der Waals surface area contributed by atoms with Gasteiger partial charge in [-0.3, -0.25) is 0 Å². The molecule has 0 saturated heterocycles. The minimum absolute atomic E-state index is 0.834. The minimum atomic E-state index is 0.834. The lowest BCUT2D eigenvalue weighted by Gasteiger charge is -2.35. The largest absolute Gasteiger partial charge is 0.0654 e. The Labute approximate surface area is 117 Å². The normalized spacial score (nSPS) is 15.7. The maximum atomic E-state index is 2.44. The van der Waals surface area contributed by atoms with Crippen molar-refractivity contribution in [1.82, 2.24) is 0 Å². The summed E-state index contributed by atoms with van der Waals surface area (Å²) >= 11 is 0. The van der Waals surface area contributed by atoms with Crippen molar-refractivity contribution in [1.29, 1.82) is 0 Å². The lowest BCUT2D eigenvalue weighted by Crippen LogP contribution is -2.27. The Morgan fingerprint density at radius 2 is 1.33 bits per heavy atom. The van der Waals surface area contributed by atoms with E-state index in [-0.39, 0.29) is 0 Å². The van der Waals surface area contributed by atoms with Crippen LogP contribution in [-0.4, -0.2) is 0 Å². The van der Waals surface area contributed by atoms with Crippen molar-refractivity contribution in [2.75, 3.05) is 0 Å². The third-order valence-electron chi connectivity index (χ3n) is 4.66. The Bertz CT molecular complexity index is 172. The van der Waals surface area contributed by atoms with Gasteiger partial charge in [0.2, 0.25) is 0 Å². The summed E-state index contributed by atoms with van der Waals surface area (Å²) in [5.41, 5.74) is 0. The van der Waals surface area contributed by atoms with Crippen LogP contribution in [0.25, 0.3) is 0 Å². The molecule has 0 aromatic rings. The fourth-order valence-corrected chi connectivity index (χ4v) is 3.67. The molecule has 0 amide bonds. The first-order chi connectivity index (χ1) is 8.43. The molecule has 0 aliphatic heterocycles. The zero-order chi connectivity index (χ0) is 14.1. The van der Waals surface area contributed by atoms with Gasteiger partial charge in [0.25, 0.3) is 0 Å². The van der Waals surface area contributed by atoms with Gasteiger partial charge in [-0.05, 0) is 36.0 Å². The van der Waals surface area contributed by atoms with Crippen molar-refractivity contribution in [3.63, 3.8) is 0 Å². The highest BCUT2D eigenvalue weighted by Gasteiger charge is 2.27. The molecule has 0 heterocycles. The van der Waals surface area contributed by atoms with Crippen LogP contribution in [0.4, 0.5) is 0 Å².